The van der Waals surface area contributed by atoms with Crippen molar-refractivity contribution in [2.75, 3.05) is 26.7 Å². The number of hydrogen-bond acceptors (Lipinski definition) is 5. The van der Waals surface area contributed by atoms with Crippen molar-refractivity contribution in [3.8, 4) is 0 Å². The highest BCUT2D eigenvalue weighted by Gasteiger charge is 2.27. The minimum absolute atomic E-state index is 0.118. The van der Waals surface area contributed by atoms with Gasteiger partial charge in [0.25, 0.3) is 11.8 Å². The van der Waals surface area contributed by atoms with E-state index in [1.54, 1.807) is 48.8 Å². The van der Waals surface area contributed by atoms with Crippen LogP contribution in [0.1, 0.15) is 47.4 Å². The van der Waals surface area contributed by atoms with Gasteiger partial charge in [-0.3, -0.25) is 14.3 Å². The summed E-state index contributed by atoms with van der Waals surface area (Å²) >= 11 is 0. The minimum atomic E-state index is -3.65. The molecule has 2 heterocycles. The lowest BCUT2D eigenvalue weighted by molar-refractivity contribution is 0.0684. The number of likely N-dealkylation sites (tertiary alicyclic amines) is 1. The zero-order valence-electron chi connectivity index (χ0n) is 19.0. The second-order valence-electron chi connectivity index (χ2n) is 8.49. The number of hydrogen-bond donors (Lipinski definition) is 1. The van der Waals surface area contributed by atoms with Gasteiger partial charge in [0.1, 0.15) is 0 Å². The number of carbonyl (C=O) groups excluding carboxylic acids is 2. The van der Waals surface area contributed by atoms with Crippen LogP contribution in [0.25, 0.3) is 0 Å². The molecule has 1 saturated heterocycles. The number of carbonyl (C=O) groups is 2. The summed E-state index contributed by atoms with van der Waals surface area (Å²) < 4.78 is 28.4. The van der Waals surface area contributed by atoms with E-state index in [1.807, 2.05) is 0 Å². The van der Waals surface area contributed by atoms with Crippen molar-refractivity contribution in [2.24, 2.45) is 13.0 Å². The predicted octanol–water partition coefficient (Wildman–Crippen LogP) is 1.73. The Hall–Kier alpha value is -2.72. The molecule has 174 valence electrons. The fourth-order valence-corrected chi connectivity index (χ4v) is 5.05. The number of amides is 2. The van der Waals surface area contributed by atoms with Crippen molar-refractivity contribution in [3.63, 3.8) is 0 Å². The number of rotatable bonds is 7. The van der Waals surface area contributed by atoms with E-state index >= 15 is 0 Å². The minimum Gasteiger partial charge on any atom is -0.352 e. The maximum Gasteiger partial charge on any atom is 0.254 e. The quantitative estimate of drug-likeness (QED) is 0.676. The molecule has 0 radical (unpaired) electrons. The van der Waals surface area contributed by atoms with Gasteiger partial charge >= 0.3 is 0 Å². The van der Waals surface area contributed by atoms with Crippen LogP contribution in [0.3, 0.4) is 0 Å². The Morgan fingerprint density at radius 1 is 1.22 bits per heavy atom. The standard InChI is InChI=1S/C22H31N5O4S/c1-16(2)26(4)32(30,31)20-7-5-6-18(12-20)22(29)27-10-8-17(9-11-27)13-23-21(28)19-14-24-25(3)15-19/h5-7,12,14-17H,8-11,13H2,1-4H3,(H,23,28). The number of nitrogens with zero attached hydrogens (tertiary/aromatic N) is 4. The molecular formula is C22H31N5O4S. The third kappa shape index (κ3) is 5.36. The molecule has 1 aromatic heterocycles. The van der Waals surface area contributed by atoms with Crippen LogP contribution in [-0.4, -0.2) is 71.9 Å². The first kappa shape index (κ1) is 23.9. The molecule has 0 spiro atoms. The van der Waals surface area contributed by atoms with Crippen molar-refractivity contribution in [3.05, 3.63) is 47.8 Å². The molecule has 0 saturated carbocycles. The topological polar surface area (TPSA) is 105 Å². The first-order valence-electron chi connectivity index (χ1n) is 10.7. The van der Waals surface area contributed by atoms with Gasteiger partial charge < -0.3 is 10.2 Å². The predicted molar refractivity (Wildman–Crippen MR) is 121 cm³/mol. The molecule has 1 aromatic carbocycles. The van der Waals surface area contributed by atoms with E-state index in [1.165, 1.54) is 29.7 Å². The highest BCUT2D eigenvalue weighted by molar-refractivity contribution is 7.89. The molecule has 0 aliphatic carbocycles. The van der Waals surface area contributed by atoms with Crippen LogP contribution >= 0.6 is 0 Å². The second-order valence-corrected chi connectivity index (χ2v) is 10.5. The Bertz CT molecular complexity index is 1070. The Balaban J connectivity index is 1.57. The molecule has 1 aliphatic rings. The van der Waals surface area contributed by atoms with Gasteiger partial charge in [0.05, 0.1) is 16.7 Å². The molecule has 0 atom stereocenters. The van der Waals surface area contributed by atoms with Crippen LogP contribution < -0.4 is 5.32 Å². The van der Waals surface area contributed by atoms with Gasteiger partial charge in [0.2, 0.25) is 10.0 Å². The van der Waals surface area contributed by atoms with Crippen LogP contribution in [0.2, 0.25) is 0 Å². The molecule has 1 N–H and O–H groups in total. The lowest BCUT2D eigenvalue weighted by atomic mass is 9.96. The molecule has 3 rings (SSSR count). The number of nitrogens with one attached hydrogen (secondary N) is 1. The normalized spacial score (nSPS) is 15.4. The van der Waals surface area contributed by atoms with Crippen LogP contribution in [0.5, 0.6) is 0 Å². The fraction of sp³-hybridized carbons (Fsp3) is 0.500. The van der Waals surface area contributed by atoms with Gasteiger partial charge in [-0.25, -0.2) is 8.42 Å². The smallest absolute Gasteiger partial charge is 0.254 e. The van der Waals surface area contributed by atoms with Gasteiger partial charge in [0.15, 0.2) is 0 Å². The van der Waals surface area contributed by atoms with E-state index < -0.39 is 10.0 Å². The Morgan fingerprint density at radius 3 is 2.50 bits per heavy atom. The Labute approximate surface area is 189 Å². The zero-order chi connectivity index (χ0) is 23.5. The number of aryl methyl sites for hydroxylation is 1. The molecule has 32 heavy (non-hydrogen) atoms. The van der Waals surface area contributed by atoms with Crippen LogP contribution in [-0.2, 0) is 17.1 Å². The average Bonchev–Trinajstić information content (AvgIpc) is 3.23. The van der Waals surface area contributed by atoms with Crippen molar-refractivity contribution in [2.45, 2.75) is 37.6 Å². The fourth-order valence-electron chi connectivity index (χ4n) is 3.63. The van der Waals surface area contributed by atoms with Crippen LogP contribution in [0.15, 0.2) is 41.6 Å². The summed E-state index contributed by atoms with van der Waals surface area (Å²) in [7, 11) is -0.359. The van der Waals surface area contributed by atoms with Crippen molar-refractivity contribution in [1.82, 2.24) is 24.3 Å². The first-order chi connectivity index (χ1) is 15.1. The maximum absolute atomic E-state index is 13.0. The lowest BCUT2D eigenvalue weighted by Crippen LogP contribution is -2.41. The van der Waals surface area contributed by atoms with E-state index in [9.17, 15) is 18.0 Å². The molecule has 9 nitrogen and oxygen atoms in total. The maximum atomic E-state index is 13.0. The number of aromatic nitrogens is 2. The number of piperidine rings is 1. The van der Waals surface area contributed by atoms with E-state index in [0.29, 0.717) is 30.8 Å². The number of benzene rings is 1. The third-order valence-electron chi connectivity index (χ3n) is 5.91. The molecule has 0 bridgehead atoms. The summed E-state index contributed by atoms with van der Waals surface area (Å²) in [6.07, 6.45) is 4.74. The monoisotopic (exact) mass is 461 g/mol. The Morgan fingerprint density at radius 2 is 1.91 bits per heavy atom. The summed E-state index contributed by atoms with van der Waals surface area (Å²) in [5, 5.41) is 6.94. The summed E-state index contributed by atoms with van der Waals surface area (Å²) in [5.41, 5.74) is 0.893. The van der Waals surface area contributed by atoms with Gasteiger partial charge in [0, 0.05) is 51.5 Å². The van der Waals surface area contributed by atoms with E-state index in [2.05, 4.69) is 10.4 Å². The largest absolute Gasteiger partial charge is 0.352 e. The summed E-state index contributed by atoms with van der Waals surface area (Å²) in [5.74, 6) is -0.0424. The SMILES string of the molecule is CC(C)N(C)S(=O)(=O)c1cccc(C(=O)N2CCC(CNC(=O)c3cnn(C)c3)CC2)c1. The van der Waals surface area contributed by atoms with E-state index in [4.69, 9.17) is 0 Å². The first-order valence-corrected chi connectivity index (χ1v) is 12.2. The number of sulfonamides is 1. The molecule has 0 unspecified atom stereocenters. The van der Waals surface area contributed by atoms with Crippen molar-refractivity contribution in [1.29, 1.82) is 0 Å². The lowest BCUT2D eigenvalue weighted by Gasteiger charge is -2.32. The van der Waals surface area contributed by atoms with Gasteiger partial charge in [-0.15, -0.1) is 0 Å². The van der Waals surface area contributed by atoms with Crippen LogP contribution in [0.4, 0.5) is 0 Å². The highest BCUT2D eigenvalue weighted by Crippen LogP contribution is 2.22. The third-order valence-corrected chi connectivity index (χ3v) is 7.93. The zero-order valence-corrected chi connectivity index (χ0v) is 19.8. The van der Waals surface area contributed by atoms with E-state index in [0.717, 1.165) is 12.8 Å². The summed E-state index contributed by atoms with van der Waals surface area (Å²) in [6.45, 7) is 5.28. The summed E-state index contributed by atoms with van der Waals surface area (Å²) in [6, 6.07) is 6.04. The molecule has 1 fully saturated rings. The van der Waals surface area contributed by atoms with Gasteiger partial charge in [-0.2, -0.15) is 9.40 Å². The molecular weight excluding hydrogens is 430 g/mol. The van der Waals surface area contributed by atoms with E-state index in [-0.39, 0.29) is 28.7 Å². The molecule has 1 aliphatic heterocycles. The summed E-state index contributed by atoms with van der Waals surface area (Å²) in [4.78, 5) is 27.0. The van der Waals surface area contributed by atoms with Gasteiger partial charge in [-0.05, 0) is 50.8 Å². The molecule has 2 aromatic rings. The second kappa shape index (κ2) is 9.83. The van der Waals surface area contributed by atoms with Crippen molar-refractivity contribution < 1.29 is 18.0 Å². The van der Waals surface area contributed by atoms with Crippen LogP contribution in [0, 0.1) is 5.92 Å². The molecule has 2 amide bonds. The molecule has 10 heteroatoms. The van der Waals surface area contributed by atoms with Gasteiger partial charge in [-0.1, -0.05) is 6.07 Å². The Kier molecular flexibility index (Phi) is 7.35. The average molecular weight is 462 g/mol. The van der Waals surface area contributed by atoms with Crippen molar-refractivity contribution >= 4 is 21.8 Å². The highest BCUT2D eigenvalue weighted by atomic mass is 32.2.